The molecule has 1 aromatic rings. The standard InChI is InChI=1S/C12H18F2N4O/c1-15-10-6-11(17-12(16-10)8-2-3-8)18(4-5-19)7-9(13)14/h6,8-9,19H,2-5,7H2,1H3,(H,15,16,17). The van der Waals surface area contributed by atoms with Gasteiger partial charge in [0.1, 0.15) is 17.5 Å². The van der Waals surface area contributed by atoms with Gasteiger partial charge >= 0.3 is 0 Å². The van der Waals surface area contributed by atoms with E-state index in [2.05, 4.69) is 15.3 Å². The molecule has 1 fully saturated rings. The molecular weight excluding hydrogens is 254 g/mol. The number of aliphatic hydroxyl groups is 1. The highest BCUT2D eigenvalue weighted by atomic mass is 19.3. The number of nitrogens with zero attached hydrogens (tertiary/aromatic N) is 3. The van der Waals surface area contributed by atoms with Crippen LogP contribution in [0.25, 0.3) is 0 Å². The molecule has 0 radical (unpaired) electrons. The smallest absolute Gasteiger partial charge is 0.255 e. The van der Waals surface area contributed by atoms with Crippen molar-refractivity contribution in [3.63, 3.8) is 0 Å². The lowest BCUT2D eigenvalue weighted by Gasteiger charge is -2.23. The van der Waals surface area contributed by atoms with E-state index in [0.29, 0.717) is 23.4 Å². The van der Waals surface area contributed by atoms with Gasteiger partial charge in [-0.1, -0.05) is 0 Å². The van der Waals surface area contributed by atoms with Crippen LogP contribution < -0.4 is 10.2 Å². The van der Waals surface area contributed by atoms with Gasteiger partial charge in [0.05, 0.1) is 13.2 Å². The summed E-state index contributed by atoms with van der Waals surface area (Å²) >= 11 is 0. The summed E-state index contributed by atoms with van der Waals surface area (Å²) in [7, 11) is 1.73. The largest absolute Gasteiger partial charge is 0.395 e. The molecule has 7 heteroatoms. The predicted molar refractivity (Wildman–Crippen MR) is 68.9 cm³/mol. The Bertz CT molecular complexity index is 426. The molecule has 0 spiro atoms. The number of alkyl halides is 2. The van der Waals surface area contributed by atoms with Crippen molar-refractivity contribution >= 4 is 11.6 Å². The van der Waals surface area contributed by atoms with Crippen molar-refractivity contribution < 1.29 is 13.9 Å². The first-order valence-corrected chi connectivity index (χ1v) is 6.34. The fourth-order valence-corrected chi connectivity index (χ4v) is 1.85. The Balaban J connectivity index is 2.25. The molecule has 0 saturated heterocycles. The first-order valence-electron chi connectivity index (χ1n) is 6.34. The molecule has 1 aliphatic carbocycles. The zero-order valence-electron chi connectivity index (χ0n) is 10.8. The lowest BCUT2D eigenvalue weighted by atomic mass is 10.3. The molecule has 106 valence electrons. The number of hydrogen-bond donors (Lipinski definition) is 2. The molecular formula is C12H18F2N4O. The number of hydrogen-bond acceptors (Lipinski definition) is 5. The van der Waals surface area contributed by atoms with Gasteiger partial charge in [0.15, 0.2) is 0 Å². The van der Waals surface area contributed by atoms with Gasteiger partial charge in [-0.05, 0) is 12.8 Å². The van der Waals surface area contributed by atoms with Crippen molar-refractivity contribution in [3.8, 4) is 0 Å². The molecule has 19 heavy (non-hydrogen) atoms. The number of nitrogens with one attached hydrogen (secondary N) is 1. The highest BCUT2D eigenvalue weighted by Crippen LogP contribution is 2.39. The van der Waals surface area contributed by atoms with E-state index < -0.39 is 13.0 Å². The summed E-state index contributed by atoms with van der Waals surface area (Å²) in [5.41, 5.74) is 0. The van der Waals surface area contributed by atoms with Gasteiger partial charge in [0.25, 0.3) is 6.43 Å². The molecule has 5 nitrogen and oxygen atoms in total. The molecule has 0 unspecified atom stereocenters. The number of halogens is 2. The molecule has 2 rings (SSSR count). The number of aliphatic hydroxyl groups excluding tert-OH is 1. The third kappa shape index (κ3) is 3.73. The molecule has 0 bridgehead atoms. The van der Waals surface area contributed by atoms with Gasteiger partial charge < -0.3 is 15.3 Å². The van der Waals surface area contributed by atoms with E-state index in [1.54, 1.807) is 13.1 Å². The van der Waals surface area contributed by atoms with Gasteiger partial charge in [-0.2, -0.15) is 0 Å². The number of anilines is 2. The van der Waals surface area contributed by atoms with Crippen LogP contribution in [0.3, 0.4) is 0 Å². The summed E-state index contributed by atoms with van der Waals surface area (Å²) in [5, 5.41) is 11.9. The predicted octanol–water partition coefficient (Wildman–Crippen LogP) is 1.46. The molecule has 1 heterocycles. The minimum Gasteiger partial charge on any atom is -0.395 e. The Morgan fingerprint density at radius 3 is 2.74 bits per heavy atom. The van der Waals surface area contributed by atoms with Crippen LogP contribution in [0.15, 0.2) is 6.07 Å². The molecule has 2 N–H and O–H groups in total. The molecule has 0 atom stereocenters. The van der Waals surface area contributed by atoms with E-state index in [0.717, 1.165) is 12.8 Å². The van der Waals surface area contributed by atoms with Crippen molar-refractivity contribution in [2.45, 2.75) is 25.2 Å². The van der Waals surface area contributed by atoms with Crippen LogP contribution in [0.2, 0.25) is 0 Å². The first kappa shape index (κ1) is 13.9. The average Bonchev–Trinajstić information content (AvgIpc) is 3.21. The molecule has 0 aliphatic heterocycles. The highest BCUT2D eigenvalue weighted by Gasteiger charge is 2.28. The Hall–Kier alpha value is -1.50. The maximum Gasteiger partial charge on any atom is 0.255 e. The Labute approximate surface area is 110 Å². The molecule has 1 saturated carbocycles. The molecule has 0 aromatic carbocycles. The van der Waals surface area contributed by atoms with Crippen LogP contribution in [0, 0.1) is 0 Å². The van der Waals surface area contributed by atoms with Gasteiger partial charge in [0, 0.05) is 25.6 Å². The van der Waals surface area contributed by atoms with E-state index in [1.807, 2.05) is 0 Å². The zero-order chi connectivity index (χ0) is 13.8. The van der Waals surface area contributed by atoms with Crippen LogP contribution >= 0.6 is 0 Å². The summed E-state index contributed by atoms with van der Waals surface area (Å²) in [4.78, 5) is 10.1. The Morgan fingerprint density at radius 2 is 2.21 bits per heavy atom. The van der Waals surface area contributed by atoms with Crippen molar-refractivity contribution in [1.29, 1.82) is 0 Å². The first-order chi connectivity index (χ1) is 9.13. The fourth-order valence-electron chi connectivity index (χ4n) is 1.85. The third-order valence-corrected chi connectivity index (χ3v) is 2.98. The Morgan fingerprint density at radius 1 is 1.47 bits per heavy atom. The number of rotatable bonds is 7. The topological polar surface area (TPSA) is 61.3 Å². The van der Waals surface area contributed by atoms with Crippen molar-refractivity contribution in [2.75, 3.05) is 37.0 Å². The summed E-state index contributed by atoms with van der Waals surface area (Å²) in [6.07, 6.45) is -0.382. The number of aromatic nitrogens is 2. The quantitative estimate of drug-likeness (QED) is 0.787. The van der Waals surface area contributed by atoms with Crippen molar-refractivity contribution in [2.24, 2.45) is 0 Å². The molecule has 1 aliphatic rings. The average molecular weight is 272 g/mol. The minimum atomic E-state index is -2.47. The third-order valence-electron chi connectivity index (χ3n) is 2.98. The second-order valence-corrected chi connectivity index (χ2v) is 4.55. The van der Waals surface area contributed by atoms with E-state index in [9.17, 15) is 8.78 Å². The van der Waals surface area contributed by atoms with Crippen LogP contribution in [-0.4, -0.2) is 48.2 Å². The van der Waals surface area contributed by atoms with E-state index >= 15 is 0 Å². The van der Waals surface area contributed by atoms with Gasteiger partial charge in [0.2, 0.25) is 0 Å². The second-order valence-electron chi connectivity index (χ2n) is 4.55. The van der Waals surface area contributed by atoms with Crippen LogP contribution in [-0.2, 0) is 0 Å². The maximum atomic E-state index is 12.6. The lowest BCUT2D eigenvalue weighted by Crippen LogP contribution is -2.32. The highest BCUT2D eigenvalue weighted by molar-refractivity contribution is 5.49. The maximum absolute atomic E-state index is 12.6. The summed E-state index contributed by atoms with van der Waals surface area (Å²) in [5.74, 6) is 2.09. The zero-order valence-corrected chi connectivity index (χ0v) is 10.8. The van der Waals surface area contributed by atoms with E-state index in [-0.39, 0.29) is 13.2 Å². The van der Waals surface area contributed by atoms with Gasteiger partial charge in [-0.3, -0.25) is 0 Å². The summed E-state index contributed by atoms with van der Waals surface area (Å²) in [6, 6.07) is 1.63. The SMILES string of the molecule is CNc1cc(N(CCO)CC(F)F)nc(C2CC2)n1. The van der Waals surface area contributed by atoms with Crippen LogP contribution in [0.5, 0.6) is 0 Å². The van der Waals surface area contributed by atoms with Gasteiger partial charge in [-0.25, -0.2) is 18.7 Å². The van der Waals surface area contributed by atoms with Gasteiger partial charge in [-0.15, -0.1) is 0 Å². The van der Waals surface area contributed by atoms with Crippen molar-refractivity contribution in [3.05, 3.63) is 11.9 Å². The van der Waals surface area contributed by atoms with Crippen molar-refractivity contribution in [1.82, 2.24) is 9.97 Å². The monoisotopic (exact) mass is 272 g/mol. The minimum absolute atomic E-state index is 0.134. The fraction of sp³-hybridized carbons (Fsp3) is 0.667. The van der Waals surface area contributed by atoms with Crippen LogP contribution in [0.4, 0.5) is 20.4 Å². The molecule has 1 aromatic heterocycles. The normalized spacial score (nSPS) is 14.8. The summed E-state index contributed by atoms with van der Waals surface area (Å²) in [6.45, 7) is -0.496. The van der Waals surface area contributed by atoms with E-state index in [4.69, 9.17) is 5.11 Å². The molecule has 0 amide bonds. The summed E-state index contributed by atoms with van der Waals surface area (Å²) < 4.78 is 25.1. The Kier molecular flexibility index (Phi) is 4.47. The lowest BCUT2D eigenvalue weighted by molar-refractivity contribution is 0.152. The van der Waals surface area contributed by atoms with E-state index in [1.165, 1.54) is 4.90 Å². The second kappa shape index (κ2) is 6.10. The van der Waals surface area contributed by atoms with Crippen LogP contribution in [0.1, 0.15) is 24.6 Å².